The molecule has 0 bridgehead atoms. The van der Waals surface area contributed by atoms with Crippen LogP contribution >= 0.6 is 27.3 Å². The van der Waals surface area contributed by atoms with Gasteiger partial charge in [-0.15, -0.1) is 11.3 Å². The van der Waals surface area contributed by atoms with Crippen LogP contribution in [0, 0.1) is 6.92 Å². The normalized spacial score (nSPS) is 11.3. The summed E-state index contributed by atoms with van der Waals surface area (Å²) in [6.07, 6.45) is 0. The van der Waals surface area contributed by atoms with Crippen LogP contribution in [0.2, 0.25) is 0 Å². The Labute approximate surface area is 128 Å². The summed E-state index contributed by atoms with van der Waals surface area (Å²) in [6.45, 7) is 1.83. The van der Waals surface area contributed by atoms with Crippen LogP contribution in [0.15, 0.2) is 39.0 Å². The maximum absolute atomic E-state index is 12.3. The fraction of sp³-hybridized carbons (Fsp3) is 0.0833. The number of carboxylic acids is 1. The molecule has 20 heavy (non-hydrogen) atoms. The highest BCUT2D eigenvalue weighted by Gasteiger charge is 2.24. The summed E-state index contributed by atoms with van der Waals surface area (Å²) >= 11 is 4.17. The number of aryl methyl sites for hydroxylation is 1. The van der Waals surface area contributed by atoms with E-state index in [1.165, 1.54) is 11.4 Å². The van der Waals surface area contributed by atoms with Gasteiger partial charge >= 0.3 is 5.97 Å². The smallest absolute Gasteiger partial charge is 0.347 e. The van der Waals surface area contributed by atoms with Crippen molar-refractivity contribution in [3.05, 3.63) is 44.6 Å². The van der Waals surface area contributed by atoms with Gasteiger partial charge in [-0.1, -0.05) is 12.1 Å². The average molecular weight is 376 g/mol. The molecule has 0 radical (unpaired) electrons. The molecule has 106 valence electrons. The van der Waals surface area contributed by atoms with Gasteiger partial charge in [-0.25, -0.2) is 13.2 Å². The molecule has 2 rings (SSSR count). The van der Waals surface area contributed by atoms with Crippen molar-refractivity contribution in [2.45, 2.75) is 11.8 Å². The first-order chi connectivity index (χ1) is 9.33. The van der Waals surface area contributed by atoms with Crippen molar-refractivity contribution in [3.63, 3.8) is 0 Å². The van der Waals surface area contributed by atoms with Gasteiger partial charge in [-0.3, -0.25) is 4.72 Å². The van der Waals surface area contributed by atoms with E-state index < -0.39 is 16.0 Å². The molecule has 5 nitrogen and oxygen atoms in total. The van der Waals surface area contributed by atoms with Crippen molar-refractivity contribution in [2.24, 2.45) is 0 Å². The van der Waals surface area contributed by atoms with E-state index in [4.69, 9.17) is 5.11 Å². The van der Waals surface area contributed by atoms with Gasteiger partial charge in [0.05, 0.1) is 5.69 Å². The minimum atomic E-state index is -3.94. The van der Waals surface area contributed by atoms with Crippen LogP contribution in [-0.2, 0) is 10.0 Å². The lowest BCUT2D eigenvalue weighted by atomic mass is 10.2. The van der Waals surface area contributed by atoms with Crippen molar-refractivity contribution in [1.29, 1.82) is 0 Å². The third-order valence-corrected chi connectivity index (χ3v) is 6.04. The van der Waals surface area contributed by atoms with E-state index in [0.717, 1.165) is 16.9 Å². The van der Waals surface area contributed by atoms with E-state index in [9.17, 15) is 13.2 Å². The lowest BCUT2D eigenvalue weighted by molar-refractivity contribution is 0.0698. The summed E-state index contributed by atoms with van der Waals surface area (Å²) in [5.41, 5.74) is 1.24. The number of aromatic carboxylic acids is 1. The standard InChI is InChI=1S/C12H10BrNO4S2/c1-7-3-2-4-8(10(7)13)14-20(17,18)9-5-6-19-11(9)12(15)16/h2-6,14H,1H3,(H,15,16). The van der Waals surface area contributed by atoms with Gasteiger partial charge in [0, 0.05) is 4.47 Å². The Kier molecular flexibility index (Phi) is 4.17. The molecule has 0 spiro atoms. The highest BCUT2D eigenvalue weighted by molar-refractivity contribution is 9.10. The maximum atomic E-state index is 12.3. The first-order valence-corrected chi connectivity index (χ1v) is 8.57. The second kappa shape index (κ2) is 5.55. The predicted octanol–water partition coefficient (Wildman–Crippen LogP) is 3.32. The minimum Gasteiger partial charge on any atom is -0.477 e. The summed E-state index contributed by atoms with van der Waals surface area (Å²) in [6, 6.07) is 6.42. The molecule has 0 aliphatic rings. The molecule has 0 aliphatic heterocycles. The van der Waals surface area contributed by atoms with Crippen molar-refractivity contribution in [1.82, 2.24) is 0 Å². The van der Waals surface area contributed by atoms with Crippen molar-refractivity contribution in [2.75, 3.05) is 4.72 Å². The van der Waals surface area contributed by atoms with E-state index in [0.29, 0.717) is 10.2 Å². The van der Waals surface area contributed by atoms with Crippen LogP contribution in [0.3, 0.4) is 0 Å². The van der Waals surface area contributed by atoms with E-state index >= 15 is 0 Å². The summed E-state index contributed by atoms with van der Waals surface area (Å²) in [7, 11) is -3.94. The predicted molar refractivity (Wildman–Crippen MR) is 81.0 cm³/mol. The van der Waals surface area contributed by atoms with E-state index in [1.807, 2.05) is 13.0 Å². The molecule has 1 aromatic carbocycles. The molecule has 2 N–H and O–H groups in total. The number of hydrogen-bond donors (Lipinski definition) is 2. The lowest BCUT2D eigenvalue weighted by Gasteiger charge is -2.10. The minimum absolute atomic E-state index is 0.207. The van der Waals surface area contributed by atoms with Gasteiger partial charge in [-0.2, -0.15) is 0 Å². The topological polar surface area (TPSA) is 83.5 Å². The number of carboxylic acid groups (broad SMARTS) is 1. The third kappa shape index (κ3) is 2.87. The summed E-state index contributed by atoms with van der Waals surface area (Å²) in [5.74, 6) is -1.26. The summed E-state index contributed by atoms with van der Waals surface area (Å²) in [5, 5.41) is 10.4. The molecule has 8 heteroatoms. The molecule has 0 saturated carbocycles. The highest BCUT2D eigenvalue weighted by atomic mass is 79.9. The third-order valence-electron chi connectivity index (χ3n) is 2.55. The Morgan fingerprint density at radius 2 is 2.05 bits per heavy atom. The van der Waals surface area contributed by atoms with Crippen LogP contribution in [0.5, 0.6) is 0 Å². The molecule has 0 unspecified atom stereocenters. The number of carbonyl (C=O) groups is 1. The van der Waals surface area contributed by atoms with Crippen molar-refractivity contribution >= 4 is 48.9 Å². The summed E-state index contributed by atoms with van der Waals surface area (Å²) < 4.78 is 27.5. The SMILES string of the molecule is Cc1cccc(NS(=O)(=O)c2ccsc2C(=O)O)c1Br. The Bertz CT molecular complexity index is 768. The number of sulfonamides is 1. The monoisotopic (exact) mass is 375 g/mol. The molecule has 0 amide bonds. The number of nitrogens with one attached hydrogen (secondary N) is 1. The van der Waals surface area contributed by atoms with E-state index in [-0.39, 0.29) is 9.77 Å². The molecule has 0 aliphatic carbocycles. The number of rotatable bonds is 4. The number of halogens is 1. The Balaban J connectivity index is 2.44. The molecule has 0 fully saturated rings. The lowest BCUT2D eigenvalue weighted by Crippen LogP contribution is -2.15. The van der Waals surface area contributed by atoms with Gasteiger partial charge < -0.3 is 5.11 Å². The average Bonchev–Trinajstić information content (AvgIpc) is 2.85. The first-order valence-electron chi connectivity index (χ1n) is 5.41. The molecule has 2 aromatic rings. The van der Waals surface area contributed by atoms with Crippen LogP contribution in [0.1, 0.15) is 15.2 Å². The number of thiophene rings is 1. The Morgan fingerprint density at radius 1 is 1.35 bits per heavy atom. The molecule has 1 heterocycles. The molecular formula is C12H10BrNO4S2. The van der Waals surface area contributed by atoms with Gasteiger partial charge in [0.1, 0.15) is 9.77 Å². The van der Waals surface area contributed by atoms with Crippen LogP contribution in [0.25, 0.3) is 0 Å². The Hall–Kier alpha value is -1.38. The maximum Gasteiger partial charge on any atom is 0.347 e. The zero-order valence-corrected chi connectivity index (χ0v) is 13.5. The molecular weight excluding hydrogens is 366 g/mol. The fourth-order valence-electron chi connectivity index (χ4n) is 1.59. The van der Waals surface area contributed by atoms with E-state index in [2.05, 4.69) is 20.7 Å². The number of anilines is 1. The fourth-order valence-corrected chi connectivity index (χ4v) is 4.42. The van der Waals surface area contributed by atoms with Gasteiger partial charge in [-0.05, 0) is 45.9 Å². The van der Waals surface area contributed by atoms with Crippen molar-refractivity contribution < 1.29 is 18.3 Å². The highest BCUT2D eigenvalue weighted by Crippen LogP contribution is 2.29. The summed E-state index contributed by atoms with van der Waals surface area (Å²) in [4.78, 5) is 10.6. The zero-order valence-electron chi connectivity index (χ0n) is 10.3. The van der Waals surface area contributed by atoms with Crippen LogP contribution < -0.4 is 4.72 Å². The van der Waals surface area contributed by atoms with Gasteiger partial charge in [0.2, 0.25) is 0 Å². The second-order valence-electron chi connectivity index (χ2n) is 3.96. The number of benzene rings is 1. The molecule has 0 atom stereocenters. The van der Waals surface area contributed by atoms with Crippen molar-refractivity contribution in [3.8, 4) is 0 Å². The van der Waals surface area contributed by atoms with Gasteiger partial charge in [0.25, 0.3) is 10.0 Å². The first kappa shape index (κ1) is 15.0. The zero-order chi connectivity index (χ0) is 14.9. The van der Waals surface area contributed by atoms with Crippen LogP contribution in [-0.4, -0.2) is 19.5 Å². The molecule has 1 aromatic heterocycles. The largest absolute Gasteiger partial charge is 0.477 e. The van der Waals surface area contributed by atoms with Gasteiger partial charge in [0.15, 0.2) is 0 Å². The van der Waals surface area contributed by atoms with E-state index in [1.54, 1.807) is 12.1 Å². The molecule has 0 saturated heterocycles. The Morgan fingerprint density at radius 3 is 2.70 bits per heavy atom. The number of hydrogen-bond acceptors (Lipinski definition) is 4. The van der Waals surface area contributed by atoms with Crippen LogP contribution in [0.4, 0.5) is 5.69 Å². The second-order valence-corrected chi connectivity index (χ2v) is 7.32. The quantitative estimate of drug-likeness (QED) is 0.858.